The molecule has 0 unspecified atom stereocenters. The molecule has 0 aliphatic carbocycles. The molecule has 72 valence electrons. The van der Waals surface area contributed by atoms with Gasteiger partial charge in [-0.05, 0) is 30.4 Å². The van der Waals surface area contributed by atoms with E-state index in [4.69, 9.17) is 5.73 Å². The number of pyridine rings is 1. The summed E-state index contributed by atoms with van der Waals surface area (Å²) in [5.74, 6) is 1.40. The maximum absolute atomic E-state index is 5.49. The highest BCUT2D eigenvalue weighted by molar-refractivity contribution is 5.29. The highest BCUT2D eigenvalue weighted by Gasteiger charge is 1.96. The van der Waals surface area contributed by atoms with E-state index >= 15 is 0 Å². The summed E-state index contributed by atoms with van der Waals surface area (Å²) in [6.45, 7) is 4.50. The Morgan fingerprint density at radius 1 is 1.38 bits per heavy atom. The van der Waals surface area contributed by atoms with Gasteiger partial charge in [0, 0.05) is 6.20 Å². The quantitative estimate of drug-likeness (QED) is 0.769. The maximum Gasteiger partial charge on any atom is 0.123 e. The molecule has 0 atom stereocenters. The van der Waals surface area contributed by atoms with Gasteiger partial charge in [-0.3, -0.25) is 0 Å². The number of hydrogen-bond donors (Lipinski definition) is 1. The summed E-state index contributed by atoms with van der Waals surface area (Å²) >= 11 is 0. The third-order valence-corrected chi connectivity index (χ3v) is 2.09. The van der Waals surface area contributed by atoms with Crippen molar-refractivity contribution >= 4 is 5.82 Å². The Labute approximate surface area is 80.2 Å². The van der Waals surface area contributed by atoms with Crippen molar-refractivity contribution in [2.24, 2.45) is 5.92 Å². The first-order valence-corrected chi connectivity index (χ1v) is 4.89. The number of aryl methyl sites for hydroxylation is 1. The van der Waals surface area contributed by atoms with Crippen molar-refractivity contribution in [2.75, 3.05) is 5.73 Å². The van der Waals surface area contributed by atoms with Gasteiger partial charge in [-0.2, -0.15) is 0 Å². The van der Waals surface area contributed by atoms with Gasteiger partial charge in [0.1, 0.15) is 5.82 Å². The van der Waals surface area contributed by atoms with Gasteiger partial charge in [0.2, 0.25) is 0 Å². The van der Waals surface area contributed by atoms with Crippen LogP contribution >= 0.6 is 0 Å². The fourth-order valence-electron chi connectivity index (χ4n) is 1.30. The molecule has 1 heterocycles. The van der Waals surface area contributed by atoms with Crippen LogP contribution in [0.15, 0.2) is 18.3 Å². The molecule has 0 spiro atoms. The van der Waals surface area contributed by atoms with Gasteiger partial charge in [-0.25, -0.2) is 4.98 Å². The SMILES string of the molecule is CC(C)CCCc1ccc(N)nc1. The van der Waals surface area contributed by atoms with Gasteiger partial charge in [0.05, 0.1) is 0 Å². The van der Waals surface area contributed by atoms with Crippen molar-refractivity contribution in [2.45, 2.75) is 33.1 Å². The zero-order valence-corrected chi connectivity index (χ0v) is 8.46. The van der Waals surface area contributed by atoms with Crippen molar-refractivity contribution in [3.8, 4) is 0 Å². The second-order valence-electron chi connectivity index (χ2n) is 3.88. The standard InChI is InChI=1S/C11H18N2/c1-9(2)4-3-5-10-6-7-11(12)13-8-10/h6-9H,3-5H2,1-2H3,(H2,12,13). The first-order chi connectivity index (χ1) is 6.18. The Bertz CT molecular complexity index is 239. The molecule has 1 rings (SSSR count). The minimum Gasteiger partial charge on any atom is -0.384 e. The van der Waals surface area contributed by atoms with E-state index in [2.05, 4.69) is 24.9 Å². The lowest BCUT2D eigenvalue weighted by molar-refractivity contribution is 0.555. The molecule has 0 amide bonds. The van der Waals surface area contributed by atoms with Gasteiger partial charge in [-0.15, -0.1) is 0 Å². The summed E-state index contributed by atoms with van der Waals surface area (Å²) in [7, 11) is 0. The summed E-state index contributed by atoms with van der Waals surface area (Å²) < 4.78 is 0. The Hall–Kier alpha value is -1.05. The van der Waals surface area contributed by atoms with Crippen LogP contribution in [-0.4, -0.2) is 4.98 Å². The van der Waals surface area contributed by atoms with Crippen LogP contribution in [-0.2, 0) is 6.42 Å². The van der Waals surface area contributed by atoms with Crippen LogP contribution in [0.3, 0.4) is 0 Å². The average Bonchev–Trinajstić information content (AvgIpc) is 2.08. The maximum atomic E-state index is 5.49. The molecule has 2 heteroatoms. The van der Waals surface area contributed by atoms with Gasteiger partial charge in [-0.1, -0.05) is 26.3 Å². The molecule has 0 radical (unpaired) electrons. The highest BCUT2D eigenvalue weighted by atomic mass is 14.8. The molecule has 1 aromatic heterocycles. The van der Waals surface area contributed by atoms with Crippen LogP contribution < -0.4 is 5.73 Å². The summed E-state index contributed by atoms with van der Waals surface area (Å²) in [6.07, 6.45) is 5.51. The summed E-state index contributed by atoms with van der Waals surface area (Å²) in [5.41, 5.74) is 6.78. The number of nitrogens with two attached hydrogens (primary N) is 1. The summed E-state index contributed by atoms with van der Waals surface area (Å²) in [6, 6.07) is 3.92. The van der Waals surface area contributed by atoms with Crippen LogP contribution in [0.1, 0.15) is 32.3 Å². The van der Waals surface area contributed by atoms with Crippen LogP contribution in [0.25, 0.3) is 0 Å². The normalized spacial score (nSPS) is 10.7. The Morgan fingerprint density at radius 3 is 2.69 bits per heavy atom. The molecule has 0 saturated carbocycles. The first kappa shape index (κ1) is 10.0. The summed E-state index contributed by atoms with van der Waals surface area (Å²) in [4.78, 5) is 4.05. The fraction of sp³-hybridized carbons (Fsp3) is 0.545. The van der Waals surface area contributed by atoms with Gasteiger partial charge < -0.3 is 5.73 Å². The minimum absolute atomic E-state index is 0.604. The van der Waals surface area contributed by atoms with Crippen LogP contribution in [0.5, 0.6) is 0 Å². The molecule has 2 N–H and O–H groups in total. The van der Waals surface area contributed by atoms with E-state index in [0.29, 0.717) is 5.82 Å². The second kappa shape index (κ2) is 4.85. The largest absolute Gasteiger partial charge is 0.384 e. The lowest BCUT2D eigenvalue weighted by atomic mass is 10.0. The Morgan fingerprint density at radius 2 is 2.15 bits per heavy atom. The predicted molar refractivity (Wildman–Crippen MR) is 56.4 cm³/mol. The van der Waals surface area contributed by atoms with E-state index in [0.717, 1.165) is 12.3 Å². The number of aromatic nitrogens is 1. The third-order valence-electron chi connectivity index (χ3n) is 2.09. The Kier molecular flexibility index (Phi) is 3.74. The van der Waals surface area contributed by atoms with Crippen molar-refractivity contribution in [3.63, 3.8) is 0 Å². The molecular weight excluding hydrogens is 160 g/mol. The van der Waals surface area contributed by atoms with Gasteiger partial charge >= 0.3 is 0 Å². The molecule has 13 heavy (non-hydrogen) atoms. The molecule has 0 bridgehead atoms. The molecular formula is C11H18N2. The van der Waals surface area contributed by atoms with Crippen LogP contribution in [0.4, 0.5) is 5.82 Å². The van der Waals surface area contributed by atoms with E-state index in [9.17, 15) is 0 Å². The third kappa shape index (κ3) is 3.92. The van der Waals surface area contributed by atoms with Crippen LogP contribution in [0, 0.1) is 5.92 Å². The van der Waals surface area contributed by atoms with E-state index in [1.807, 2.05) is 12.3 Å². The number of nitrogens with zero attached hydrogens (tertiary/aromatic N) is 1. The molecule has 0 aliphatic rings. The number of anilines is 1. The lowest BCUT2D eigenvalue weighted by Gasteiger charge is -2.04. The fourth-order valence-corrected chi connectivity index (χ4v) is 1.30. The minimum atomic E-state index is 0.604. The predicted octanol–water partition coefficient (Wildman–Crippen LogP) is 2.64. The number of rotatable bonds is 4. The molecule has 0 saturated heterocycles. The molecule has 2 nitrogen and oxygen atoms in total. The van der Waals surface area contributed by atoms with Gasteiger partial charge in [0.15, 0.2) is 0 Å². The molecule has 0 aromatic carbocycles. The van der Waals surface area contributed by atoms with E-state index in [-0.39, 0.29) is 0 Å². The van der Waals surface area contributed by atoms with Crippen molar-refractivity contribution < 1.29 is 0 Å². The van der Waals surface area contributed by atoms with Crippen LogP contribution in [0.2, 0.25) is 0 Å². The molecule has 1 aromatic rings. The Balaban J connectivity index is 2.33. The summed E-state index contributed by atoms with van der Waals surface area (Å²) in [5, 5.41) is 0. The van der Waals surface area contributed by atoms with E-state index < -0.39 is 0 Å². The zero-order chi connectivity index (χ0) is 9.68. The number of hydrogen-bond acceptors (Lipinski definition) is 2. The van der Waals surface area contributed by atoms with Gasteiger partial charge in [0.25, 0.3) is 0 Å². The van der Waals surface area contributed by atoms with E-state index in [1.165, 1.54) is 18.4 Å². The van der Waals surface area contributed by atoms with E-state index in [1.54, 1.807) is 0 Å². The van der Waals surface area contributed by atoms with Crippen molar-refractivity contribution in [1.29, 1.82) is 0 Å². The molecule has 0 fully saturated rings. The number of nitrogen functional groups attached to an aromatic ring is 1. The average molecular weight is 178 g/mol. The first-order valence-electron chi connectivity index (χ1n) is 4.89. The van der Waals surface area contributed by atoms with Crippen molar-refractivity contribution in [3.05, 3.63) is 23.9 Å². The smallest absolute Gasteiger partial charge is 0.123 e. The van der Waals surface area contributed by atoms with Crippen molar-refractivity contribution in [1.82, 2.24) is 4.98 Å². The monoisotopic (exact) mass is 178 g/mol. The molecule has 0 aliphatic heterocycles. The topological polar surface area (TPSA) is 38.9 Å². The highest BCUT2D eigenvalue weighted by Crippen LogP contribution is 2.09. The second-order valence-corrected chi connectivity index (χ2v) is 3.88. The zero-order valence-electron chi connectivity index (χ0n) is 8.46. The lowest BCUT2D eigenvalue weighted by Crippen LogP contribution is -1.93.